The molecule has 0 bridgehead atoms. The standard InChI is InChI=1S/C26H24ClF2N3O4S/c1-14-22(21(32-11-8-16(33)13-32)17-4-2-3-5-18(17)27)37-24(30-14)31-23(34)25(9-10-25)15-6-7-19-20(12-15)36-26(28,29)35-19/h2-7,12,16,21,33H,8-11,13H2,1H3,(H,30,31,34)/t16?,21-/m0/s1. The van der Waals surface area contributed by atoms with Gasteiger partial charge in [0.2, 0.25) is 5.91 Å². The lowest BCUT2D eigenvalue weighted by Gasteiger charge is -2.28. The Hall–Kier alpha value is -2.79. The molecule has 11 heteroatoms. The Morgan fingerprint density at radius 3 is 2.70 bits per heavy atom. The number of carbonyl (C=O) groups excluding carboxylic acids is 1. The van der Waals surface area contributed by atoms with E-state index < -0.39 is 17.8 Å². The molecule has 1 amide bonds. The number of β-amino-alcohol motifs (C(OH)–C–C–N with tert-alkyl or cyclic N) is 1. The van der Waals surface area contributed by atoms with Crippen LogP contribution in [0.15, 0.2) is 42.5 Å². The number of thiazole rings is 1. The first-order chi connectivity index (χ1) is 17.6. The monoisotopic (exact) mass is 547 g/mol. The normalized spacial score (nSPS) is 22.1. The van der Waals surface area contributed by atoms with Crippen molar-refractivity contribution < 1.29 is 28.2 Å². The first-order valence-electron chi connectivity index (χ1n) is 12.0. The number of rotatable bonds is 6. The SMILES string of the molecule is Cc1nc(NC(=O)C2(c3ccc4c(c3)OC(F)(F)O4)CC2)sc1[C@H](c1ccccc1Cl)N1CCC(O)C1. The lowest BCUT2D eigenvalue weighted by Crippen LogP contribution is -2.28. The molecule has 3 aliphatic rings. The van der Waals surface area contributed by atoms with Crippen LogP contribution in [-0.2, 0) is 10.2 Å². The van der Waals surface area contributed by atoms with E-state index >= 15 is 0 Å². The molecule has 3 aromatic rings. The number of amides is 1. The van der Waals surface area contributed by atoms with Gasteiger partial charge in [0, 0.05) is 18.1 Å². The van der Waals surface area contributed by atoms with Crippen molar-refractivity contribution in [2.45, 2.75) is 50.0 Å². The third kappa shape index (κ3) is 4.46. The topological polar surface area (TPSA) is 83.9 Å². The van der Waals surface area contributed by atoms with Crippen LogP contribution in [0.2, 0.25) is 5.02 Å². The van der Waals surface area contributed by atoms with Crippen LogP contribution in [0.3, 0.4) is 0 Å². The highest BCUT2D eigenvalue weighted by Crippen LogP contribution is 2.52. The first-order valence-corrected chi connectivity index (χ1v) is 13.2. The highest BCUT2D eigenvalue weighted by atomic mass is 35.5. The van der Waals surface area contributed by atoms with E-state index in [4.69, 9.17) is 11.6 Å². The molecule has 2 N–H and O–H groups in total. The summed E-state index contributed by atoms with van der Waals surface area (Å²) in [6.07, 6.45) is -2.28. The van der Waals surface area contributed by atoms with E-state index in [1.807, 2.05) is 31.2 Å². The summed E-state index contributed by atoms with van der Waals surface area (Å²) < 4.78 is 36.0. The van der Waals surface area contributed by atoms with Gasteiger partial charge in [0.05, 0.1) is 28.1 Å². The summed E-state index contributed by atoms with van der Waals surface area (Å²) in [5, 5.41) is 14.2. The lowest BCUT2D eigenvalue weighted by molar-refractivity contribution is -0.286. The Labute approximate surface area is 221 Å². The summed E-state index contributed by atoms with van der Waals surface area (Å²) in [5.74, 6) is -0.378. The minimum atomic E-state index is -3.71. The van der Waals surface area contributed by atoms with Gasteiger partial charge in [0.1, 0.15) is 0 Å². The fraction of sp³-hybridized carbons (Fsp3) is 0.385. The number of nitrogens with one attached hydrogen (secondary N) is 1. The zero-order chi connectivity index (χ0) is 25.9. The second-order valence-electron chi connectivity index (χ2n) is 9.70. The predicted molar refractivity (Wildman–Crippen MR) is 135 cm³/mol. The van der Waals surface area contributed by atoms with E-state index in [9.17, 15) is 18.7 Å². The van der Waals surface area contributed by atoms with Crippen molar-refractivity contribution in [3.05, 3.63) is 69.2 Å². The quantitative estimate of drug-likeness (QED) is 0.438. The molecule has 2 aliphatic heterocycles. The number of nitrogens with zero attached hydrogens (tertiary/aromatic N) is 2. The summed E-state index contributed by atoms with van der Waals surface area (Å²) >= 11 is 7.96. The van der Waals surface area contributed by atoms with Gasteiger partial charge in [-0.2, -0.15) is 0 Å². The molecule has 1 saturated carbocycles. The van der Waals surface area contributed by atoms with Crippen molar-refractivity contribution >= 4 is 34.0 Å². The molecule has 1 aliphatic carbocycles. The van der Waals surface area contributed by atoms with Crippen molar-refractivity contribution in [2.24, 2.45) is 0 Å². The highest BCUT2D eigenvalue weighted by Gasteiger charge is 2.53. The second kappa shape index (κ2) is 8.90. The van der Waals surface area contributed by atoms with E-state index in [1.165, 1.54) is 23.5 Å². The number of carbonyl (C=O) groups is 1. The molecule has 0 spiro atoms. The summed E-state index contributed by atoms with van der Waals surface area (Å²) in [5.41, 5.74) is 1.44. The molecule has 2 atom stereocenters. The number of anilines is 1. The molecule has 2 aromatic carbocycles. The van der Waals surface area contributed by atoms with Crippen LogP contribution < -0.4 is 14.8 Å². The minimum Gasteiger partial charge on any atom is -0.395 e. The highest BCUT2D eigenvalue weighted by molar-refractivity contribution is 7.16. The number of aliphatic hydroxyl groups is 1. The Bertz CT molecular complexity index is 1380. The molecule has 1 saturated heterocycles. The van der Waals surface area contributed by atoms with Crippen LogP contribution in [-0.4, -0.2) is 46.4 Å². The summed E-state index contributed by atoms with van der Waals surface area (Å²) in [4.78, 5) is 21.2. The second-order valence-corrected chi connectivity index (χ2v) is 11.1. The molecule has 0 radical (unpaired) electrons. The Kier molecular flexibility index (Phi) is 5.91. The van der Waals surface area contributed by atoms with Gasteiger partial charge in [-0.3, -0.25) is 9.69 Å². The van der Waals surface area contributed by atoms with Crippen LogP contribution in [0, 0.1) is 6.92 Å². The lowest BCUT2D eigenvalue weighted by atomic mass is 9.94. The molecular weight excluding hydrogens is 524 g/mol. The zero-order valence-corrected chi connectivity index (χ0v) is 21.4. The van der Waals surface area contributed by atoms with E-state index in [0.717, 1.165) is 16.1 Å². The maximum Gasteiger partial charge on any atom is 0.586 e. The molecule has 7 nitrogen and oxygen atoms in total. The van der Waals surface area contributed by atoms with Gasteiger partial charge in [-0.25, -0.2) is 4.98 Å². The number of aliphatic hydroxyl groups excluding tert-OH is 1. The van der Waals surface area contributed by atoms with Gasteiger partial charge in [0.15, 0.2) is 16.6 Å². The number of halogens is 3. The van der Waals surface area contributed by atoms with Crippen LogP contribution in [0.5, 0.6) is 11.5 Å². The van der Waals surface area contributed by atoms with Crippen LogP contribution in [0.25, 0.3) is 0 Å². The number of hydrogen-bond donors (Lipinski definition) is 2. The Morgan fingerprint density at radius 1 is 1.24 bits per heavy atom. The summed E-state index contributed by atoms with van der Waals surface area (Å²) in [7, 11) is 0. The maximum atomic E-state index is 13.5. The van der Waals surface area contributed by atoms with Crippen LogP contribution in [0.4, 0.5) is 13.9 Å². The Balaban J connectivity index is 1.27. The molecule has 6 rings (SSSR count). The number of ether oxygens (including phenoxy) is 2. The number of alkyl halides is 2. The average Bonchev–Trinajstić information content (AvgIpc) is 3.29. The van der Waals surface area contributed by atoms with E-state index in [0.29, 0.717) is 48.1 Å². The molecule has 3 heterocycles. The van der Waals surface area contributed by atoms with Crippen LogP contribution in [0.1, 0.15) is 47.0 Å². The van der Waals surface area contributed by atoms with Gasteiger partial charge >= 0.3 is 6.29 Å². The number of likely N-dealkylation sites (tertiary alicyclic amines) is 1. The molecular formula is C26H24ClF2N3O4S. The fourth-order valence-corrected chi connectivity index (χ4v) is 6.51. The number of aryl methyl sites for hydroxylation is 1. The van der Waals surface area contributed by atoms with E-state index in [-0.39, 0.29) is 23.4 Å². The predicted octanol–water partition coefficient (Wildman–Crippen LogP) is 5.25. The summed E-state index contributed by atoms with van der Waals surface area (Å²) in [6, 6.07) is 11.9. The van der Waals surface area contributed by atoms with Crippen molar-refractivity contribution in [1.82, 2.24) is 9.88 Å². The van der Waals surface area contributed by atoms with Gasteiger partial charge < -0.3 is 19.9 Å². The molecule has 1 aromatic heterocycles. The first kappa shape index (κ1) is 24.5. The van der Waals surface area contributed by atoms with Gasteiger partial charge in [0.25, 0.3) is 0 Å². The molecule has 194 valence electrons. The molecule has 1 unspecified atom stereocenters. The third-order valence-corrected chi connectivity index (χ3v) is 8.67. The van der Waals surface area contributed by atoms with Crippen LogP contribution >= 0.6 is 22.9 Å². The number of fused-ring (bicyclic) bond motifs is 1. The number of benzene rings is 2. The van der Waals surface area contributed by atoms with Crippen molar-refractivity contribution in [3.63, 3.8) is 0 Å². The Morgan fingerprint density at radius 2 is 2.00 bits per heavy atom. The molecule has 2 fully saturated rings. The average molecular weight is 548 g/mol. The van der Waals surface area contributed by atoms with Crippen molar-refractivity contribution in [3.8, 4) is 11.5 Å². The van der Waals surface area contributed by atoms with Gasteiger partial charge in [-0.1, -0.05) is 47.2 Å². The van der Waals surface area contributed by atoms with Crippen molar-refractivity contribution in [2.75, 3.05) is 18.4 Å². The van der Waals surface area contributed by atoms with Gasteiger partial charge in [-0.15, -0.1) is 8.78 Å². The van der Waals surface area contributed by atoms with E-state index in [1.54, 1.807) is 6.07 Å². The molecule has 37 heavy (non-hydrogen) atoms. The van der Waals surface area contributed by atoms with E-state index in [2.05, 4.69) is 24.7 Å². The summed E-state index contributed by atoms with van der Waals surface area (Å²) in [6.45, 7) is 3.12. The maximum absolute atomic E-state index is 13.5. The number of aromatic nitrogens is 1. The fourth-order valence-electron chi connectivity index (χ4n) is 5.15. The van der Waals surface area contributed by atoms with Crippen molar-refractivity contribution in [1.29, 1.82) is 0 Å². The smallest absolute Gasteiger partial charge is 0.395 e. The zero-order valence-electron chi connectivity index (χ0n) is 19.8. The van der Waals surface area contributed by atoms with Gasteiger partial charge in [-0.05, 0) is 55.5 Å². The minimum absolute atomic E-state index is 0.0530. The number of hydrogen-bond acceptors (Lipinski definition) is 7. The third-order valence-electron chi connectivity index (χ3n) is 7.20. The largest absolute Gasteiger partial charge is 0.586 e.